The molecule has 10 heavy (non-hydrogen) atoms. The van der Waals surface area contributed by atoms with E-state index in [-0.39, 0.29) is 0 Å². The van der Waals surface area contributed by atoms with Gasteiger partial charge in [0.1, 0.15) is 0 Å². The van der Waals surface area contributed by atoms with Crippen molar-refractivity contribution in [3.8, 4) is 0 Å². The lowest BCUT2D eigenvalue weighted by molar-refractivity contribution is -0.0526. The lowest BCUT2D eigenvalue weighted by Crippen LogP contribution is -2.54. The average Bonchev–Trinajstić information content (AvgIpc) is 1.84. The van der Waals surface area contributed by atoms with Crippen LogP contribution in [-0.2, 0) is 0 Å². The van der Waals surface area contributed by atoms with Crippen LogP contribution in [0.2, 0.25) is 0 Å². The second kappa shape index (κ2) is 1.97. The Hall–Kier alpha value is -0.0400. The largest absolute Gasteiger partial charge is 0.306 e. The molecule has 2 saturated heterocycles. The van der Waals surface area contributed by atoms with Gasteiger partial charge in [-0.25, -0.2) is 0 Å². The number of piperidine rings is 2. The Kier molecular flexibility index (Phi) is 1.31. The molecule has 0 aromatic carbocycles. The van der Waals surface area contributed by atoms with E-state index in [0.29, 0.717) is 0 Å². The summed E-state index contributed by atoms with van der Waals surface area (Å²) >= 11 is 0. The van der Waals surface area contributed by atoms with Crippen LogP contribution in [0.4, 0.5) is 0 Å². The number of hydrogen-bond donors (Lipinski definition) is 0. The fourth-order valence-electron chi connectivity index (χ4n) is 2.90. The zero-order valence-corrected chi connectivity index (χ0v) is 7.06. The number of hydrogen-bond acceptors (Lipinski definition) is 1. The molecule has 1 nitrogen and oxygen atoms in total. The SMILES string of the molecule is CCC12CC(CN(C)C1)C2. The van der Waals surface area contributed by atoms with Gasteiger partial charge in [-0.2, -0.15) is 0 Å². The fourth-order valence-corrected chi connectivity index (χ4v) is 2.90. The molecular weight excluding hydrogens is 122 g/mol. The second-order valence-electron chi connectivity index (χ2n) is 4.32. The molecule has 2 aliphatic heterocycles. The molecule has 0 N–H and O–H groups in total. The van der Waals surface area contributed by atoms with Crippen LogP contribution in [0.3, 0.4) is 0 Å². The Labute approximate surface area is 63.4 Å². The molecule has 3 aliphatic rings. The molecule has 2 bridgehead atoms. The molecule has 58 valence electrons. The Morgan fingerprint density at radius 2 is 2.20 bits per heavy atom. The van der Waals surface area contributed by atoms with Crippen molar-refractivity contribution in [3.05, 3.63) is 0 Å². The van der Waals surface area contributed by atoms with Crippen LogP contribution in [-0.4, -0.2) is 25.0 Å². The highest BCUT2D eigenvalue weighted by Crippen LogP contribution is 2.51. The standard InChI is InChI=1S/C9H17N/c1-3-9-4-8(5-9)6-10(2)7-9/h8H,3-7H2,1-2H3. The van der Waals surface area contributed by atoms with E-state index in [9.17, 15) is 0 Å². The topological polar surface area (TPSA) is 3.24 Å². The first kappa shape index (κ1) is 6.66. The minimum atomic E-state index is 0.762. The molecule has 1 heteroatoms. The molecule has 0 aromatic heterocycles. The summed E-state index contributed by atoms with van der Waals surface area (Å²) in [6.45, 7) is 5.07. The zero-order chi connectivity index (χ0) is 7.19. The van der Waals surface area contributed by atoms with Gasteiger partial charge < -0.3 is 4.90 Å². The third-order valence-electron chi connectivity index (χ3n) is 3.37. The molecule has 0 aromatic rings. The van der Waals surface area contributed by atoms with Crippen molar-refractivity contribution in [3.63, 3.8) is 0 Å². The van der Waals surface area contributed by atoms with Gasteiger partial charge in [-0.15, -0.1) is 0 Å². The van der Waals surface area contributed by atoms with E-state index in [0.717, 1.165) is 11.3 Å². The molecule has 2 heterocycles. The van der Waals surface area contributed by atoms with Crippen molar-refractivity contribution < 1.29 is 0 Å². The van der Waals surface area contributed by atoms with Gasteiger partial charge >= 0.3 is 0 Å². The van der Waals surface area contributed by atoms with Gasteiger partial charge in [0.15, 0.2) is 0 Å². The third-order valence-corrected chi connectivity index (χ3v) is 3.37. The van der Waals surface area contributed by atoms with Crippen molar-refractivity contribution in [2.75, 3.05) is 20.1 Å². The van der Waals surface area contributed by atoms with Gasteiger partial charge in [0.2, 0.25) is 0 Å². The molecule has 0 amide bonds. The molecule has 3 rings (SSSR count). The summed E-state index contributed by atoms with van der Waals surface area (Å²) in [6.07, 6.45) is 4.44. The predicted octanol–water partition coefficient (Wildman–Crippen LogP) is 1.74. The normalized spacial score (nSPS) is 46.8. The molecule has 0 atom stereocenters. The molecule has 3 fully saturated rings. The zero-order valence-electron chi connectivity index (χ0n) is 7.06. The molecular formula is C9H17N. The Morgan fingerprint density at radius 3 is 2.60 bits per heavy atom. The number of nitrogens with zero attached hydrogens (tertiary/aromatic N) is 1. The Bertz CT molecular complexity index is 136. The molecule has 0 unspecified atom stereocenters. The highest BCUT2D eigenvalue weighted by molar-refractivity contribution is 4.99. The third kappa shape index (κ3) is 0.800. The Morgan fingerprint density at radius 1 is 1.50 bits per heavy atom. The maximum absolute atomic E-state index is 2.50. The van der Waals surface area contributed by atoms with Crippen LogP contribution in [0.1, 0.15) is 26.2 Å². The first-order valence-electron chi connectivity index (χ1n) is 4.43. The summed E-state index contributed by atoms with van der Waals surface area (Å²) in [5, 5.41) is 0. The summed E-state index contributed by atoms with van der Waals surface area (Å²) in [7, 11) is 2.26. The van der Waals surface area contributed by atoms with E-state index < -0.39 is 0 Å². The first-order valence-corrected chi connectivity index (χ1v) is 4.43. The Balaban J connectivity index is 2.03. The van der Waals surface area contributed by atoms with E-state index in [1.165, 1.54) is 32.4 Å². The summed E-state index contributed by atoms with van der Waals surface area (Å²) in [4.78, 5) is 2.50. The molecule has 1 aliphatic carbocycles. The van der Waals surface area contributed by atoms with Crippen LogP contribution >= 0.6 is 0 Å². The van der Waals surface area contributed by atoms with Crippen LogP contribution in [0.5, 0.6) is 0 Å². The lowest BCUT2D eigenvalue weighted by Gasteiger charge is -2.55. The van der Waals surface area contributed by atoms with E-state index in [1.807, 2.05) is 0 Å². The summed E-state index contributed by atoms with van der Waals surface area (Å²) in [6, 6.07) is 0. The average molecular weight is 139 g/mol. The van der Waals surface area contributed by atoms with Crippen LogP contribution < -0.4 is 0 Å². The van der Waals surface area contributed by atoms with Crippen molar-refractivity contribution >= 4 is 0 Å². The van der Waals surface area contributed by atoms with Crippen LogP contribution in [0.25, 0.3) is 0 Å². The number of fused-ring (bicyclic) bond motifs is 2. The van der Waals surface area contributed by atoms with Crippen molar-refractivity contribution in [2.45, 2.75) is 26.2 Å². The monoisotopic (exact) mass is 139 g/mol. The number of rotatable bonds is 1. The summed E-state index contributed by atoms with van der Waals surface area (Å²) < 4.78 is 0. The van der Waals surface area contributed by atoms with Gasteiger partial charge in [-0.1, -0.05) is 6.92 Å². The van der Waals surface area contributed by atoms with Crippen molar-refractivity contribution in [2.24, 2.45) is 11.3 Å². The van der Waals surface area contributed by atoms with Gasteiger partial charge in [0.05, 0.1) is 0 Å². The van der Waals surface area contributed by atoms with E-state index >= 15 is 0 Å². The highest BCUT2D eigenvalue weighted by Gasteiger charge is 2.47. The van der Waals surface area contributed by atoms with Gasteiger partial charge in [0, 0.05) is 13.1 Å². The van der Waals surface area contributed by atoms with Gasteiger partial charge in [0.25, 0.3) is 0 Å². The van der Waals surface area contributed by atoms with Crippen molar-refractivity contribution in [1.29, 1.82) is 0 Å². The minimum Gasteiger partial charge on any atom is -0.306 e. The molecule has 0 radical (unpaired) electrons. The summed E-state index contributed by atoms with van der Waals surface area (Å²) in [5.41, 5.74) is 0.762. The van der Waals surface area contributed by atoms with Gasteiger partial charge in [-0.3, -0.25) is 0 Å². The molecule has 1 saturated carbocycles. The quantitative estimate of drug-likeness (QED) is 0.535. The maximum Gasteiger partial charge on any atom is 0.00352 e. The van der Waals surface area contributed by atoms with Crippen LogP contribution in [0.15, 0.2) is 0 Å². The predicted molar refractivity (Wildman–Crippen MR) is 42.9 cm³/mol. The smallest absolute Gasteiger partial charge is 0.00352 e. The van der Waals surface area contributed by atoms with E-state index in [2.05, 4.69) is 18.9 Å². The second-order valence-corrected chi connectivity index (χ2v) is 4.32. The van der Waals surface area contributed by atoms with E-state index in [4.69, 9.17) is 0 Å². The summed E-state index contributed by atoms with van der Waals surface area (Å²) in [5.74, 6) is 1.05. The van der Waals surface area contributed by atoms with Gasteiger partial charge in [-0.05, 0) is 37.6 Å². The van der Waals surface area contributed by atoms with Crippen LogP contribution in [0, 0.1) is 11.3 Å². The fraction of sp³-hybridized carbons (Fsp3) is 1.00. The first-order chi connectivity index (χ1) is 4.74. The lowest BCUT2D eigenvalue weighted by atomic mass is 9.58. The van der Waals surface area contributed by atoms with E-state index in [1.54, 1.807) is 0 Å². The van der Waals surface area contributed by atoms with Crippen molar-refractivity contribution in [1.82, 2.24) is 4.90 Å². The maximum atomic E-state index is 2.50. The highest BCUT2D eigenvalue weighted by atomic mass is 15.1. The molecule has 0 spiro atoms. The minimum absolute atomic E-state index is 0.762.